The number of hydrogen-bond donors (Lipinski definition) is 1. The molecule has 0 atom stereocenters. The van der Waals surface area contributed by atoms with Crippen LogP contribution in [0, 0.1) is 0 Å². The third-order valence-electron chi connectivity index (χ3n) is 2.09. The molecule has 0 aliphatic rings. The number of anilines is 1. The maximum Gasteiger partial charge on any atom is 0.422 e. The Morgan fingerprint density at radius 3 is 2.53 bits per heavy atom. The number of nitrogens with two attached hydrogens (primary N) is 1. The number of halogens is 3. The fraction of sp³-hybridized carbons (Fsp3) is 0.182. The van der Waals surface area contributed by atoms with E-state index in [-0.39, 0.29) is 11.8 Å². The zero-order chi connectivity index (χ0) is 13.9. The quantitative estimate of drug-likeness (QED) is 0.924. The highest BCUT2D eigenvalue weighted by molar-refractivity contribution is 5.58. The van der Waals surface area contributed by atoms with Gasteiger partial charge in [-0.05, 0) is 12.1 Å². The van der Waals surface area contributed by atoms with Crippen LogP contribution in [0.25, 0.3) is 11.3 Å². The summed E-state index contributed by atoms with van der Waals surface area (Å²) >= 11 is 0. The predicted molar refractivity (Wildman–Crippen MR) is 61.2 cm³/mol. The molecule has 0 spiro atoms. The first kappa shape index (κ1) is 13.1. The standard InChI is InChI=1S/C11H9F3N4O/c12-11(13,14)6-19-9-2-1-7(5-17-9)8-3-4-16-10(15)18-8/h1-5H,6H2,(H2,15,16,18). The topological polar surface area (TPSA) is 73.9 Å². The molecule has 0 fully saturated rings. The Bertz CT molecular complexity index is 557. The van der Waals surface area contributed by atoms with Crippen LogP contribution in [0.4, 0.5) is 19.1 Å². The molecule has 0 saturated heterocycles. The van der Waals surface area contributed by atoms with E-state index in [0.29, 0.717) is 11.3 Å². The zero-order valence-corrected chi connectivity index (χ0v) is 9.55. The molecule has 0 radical (unpaired) electrons. The van der Waals surface area contributed by atoms with Crippen LogP contribution in [0.3, 0.4) is 0 Å². The first-order valence-corrected chi connectivity index (χ1v) is 5.18. The number of ether oxygens (including phenoxy) is 1. The van der Waals surface area contributed by atoms with E-state index in [9.17, 15) is 13.2 Å². The van der Waals surface area contributed by atoms with E-state index in [1.54, 1.807) is 12.1 Å². The highest BCUT2D eigenvalue weighted by Gasteiger charge is 2.28. The Kier molecular flexibility index (Phi) is 3.50. The summed E-state index contributed by atoms with van der Waals surface area (Å²) in [7, 11) is 0. The monoisotopic (exact) mass is 270 g/mol. The molecule has 8 heteroatoms. The molecule has 0 unspecified atom stereocenters. The van der Waals surface area contributed by atoms with Crippen LogP contribution in [0.1, 0.15) is 0 Å². The highest BCUT2D eigenvalue weighted by Crippen LogP contribution is 2.20. The summed E-state index contributed by atoms with van der Waals surface area (Å²) in [6.07, 6.45) is -1.55. The maximum atomic E-state index is 11.9. The second-order valence-electron chi connectivity index (χ2n) is 3.59. The van der Waals surface area contributed by atoms with Crippen molar-refractivity contribution in [2.75, 3.05) is 12.3 Å². The minimum absolute atomic E-state index is 0.106. The second-order valence-corrected chi connectivity index (χ2v) is 3.59. The van der Waals surface area contributed by atoms with Gasteiger partial charge < -0.3 is 10.5 Å². The number of alkyl halides is 3. The average molecular weight is 270 g/mol. The van der Waals surface area contributed by atoms with Crippen molar-refractivity contribution in [2.24, 2.45) is 0 Å². The first-order chi connectivity index (χ1) is 8.94. The molecular weight excluding hydrogens is 261 g/mol. The van der Waals surface area contributed by atoms with E-state index in [4.69, 9.17) is 5.73 Å². The number of pyridine rings is 1. The van der Waals surface area contributed by atoms with Crippen LogP contribution in [-0.4, -0.2) is 27.7 Å². The fourth-order valence-electron chi connectivity index (χ4n) is 1.31. The third kappa shape index (κ3) is 3.80. The van der Waals surface area contributed by atoms with Gasteiger partial charge in [-0.2, -0.15) is 13.2 Å². The molecular formula is C11H9F3N4O. The minimum atomic E-state index is -4.39. The Balaban J connectivity index is 2.10. The Morgan fingerprint density at radius 2 is 1.95 bits per heavy atom. The van der Waals surface area contributed by atoms with Gasteiger partial charge in [0, 0.05) is 24.0 Å². The summed E-state index contributed by atoms with van der Waals surface area (Å²) < 4.78 is 40.3. The minimum Gasteiger partial charge on any atom is -0.468 e. The van der Waals surface area contributed by atoms with Gasteiger partial charge in [0.1, 0.15) is 0 Å². The highest BCUT2D eigenvalue weighted by atomic mass is 19.4. The number of hydrogen-bond acceptors (Lipinski definition) is 5. The number of aromatic nitrogens is 3. The number of rotatable bonds is 3. The van der Waals surface area contributed by atoms with Crippen molar-refractivity contribution >= 4 is 5.95 Å². The van der Waals surface area contributed by atoms with Crippen LogP contribution in [0.15, 0.2) is 30.6 Å². The smallest absolute Gasteiger partial charge is 0.422 e. The van der Waals surface area contributed by atoms with Crippen molar-refractivity contribution < 1.29 is 17.9 Å². The van der Waals surface area contributed by atoms with Gasteiger partial charge >= 0.3 is 6.18 Å². The number of nitrogen functional groups attached to an aromatic ring is 1. The van der Waals surface area contributed by atoms with E-state index in [2.05, 4.69) is 19.7 Å². The molecule has 2 heterocycles. The van der Waals surface area contributed by atoms with Gasteiger partial charge in [0.05, 0.1) is 5.69 Å². The molecule has 0 aromatic carbocycles. The van der Waals surface area contributed by atoms with Crippen molar-refractivity contribution in [2.45, 2.75) is 6.18 Å². The first-order valence-electron chi connectivity index (χ1n) is 5.18. The lowest BCUT2D eigenvalue weighted by Crippen LogP contribution is -2.19. The summed E-state index contributed by atoms with van der Waals surface area (Å²) in [6.45, 7) is -1.38. The summed E-state index contributed by atoms with van der Waals surface area (Å²) in [5.41, 5.74) is 6.56. The molecule has 2 aromatic heterocycles. The van der Waals surface area contributed by atoms with E-state index in [0.717, 1.165) is 0 Å². The Hall–Kier alpha value is -2.38. The van der Waals surface area contributed by atoms with Crippen LogP contribution in [0.2, 0.25) is 0 Å². The molecule has 0 amide bonds. The molecule has 19 heavy (non-hydrogen) atoms. The summed E-state index contributed by atoms with van der Waals surface area (Å²) in [4.78, 5) is 11.5. The zero-order valence-electron chi connectivity index (χ0n) is 9.55. The molecule has 0 saturated carbocycles. The lowest BCUT2D eigenvalue weighted by atomic mass is 10.2. The van der Waals surface area contributed by atoms with Crippen LogP contribution < -0.4 is 10.5 Å². The molecule has 100 valence electrons. The molecule has 2 rings (SSSR count). The van der Waals surface area contributed by atoms with Gasteiger partial charge in [0.25, 0.3) is 0 Å². The van der Waals surface area contributed by atoms with Crippen molar-refractivity contribution in [3.8, 4) is 17.1 Å². The largest absolute Gasteiger partial charge is 0.468 e. The van der Waals surface area contributed by atoms with Gasteiger partial charge in [-0.25, -0.2) is 15.0 Å². The average Bonchev–Trinajstić information content (AvgIpc) is 2.36. The Morgan fingerprint density at radius 1 is 1.16 bits per heavy atom. The molecule has 5 nitrogen and oxygen atoms in total. The number of nitrogens with zero attached hydrogens (tertiary/aromatic N) is 3. The molecule has 2 aromatic rings. The van der Waals surface area contributed by atoms with Crippen molar-refractivity contribution in [3.05, 3.63) is 30.6 Å². The van der Waals surface area contributed by atoms with E-state index in [1.807, 2.05) is 0 Å². The van der Waals surface area contributed by atoms with Gasteiger partial charge in [-0.3, -0.25) is 0 Å². The van der Waals surface area contributed by atoms with Crippen molar-refractivity contribution in [3.63, 3.8) is 0 Å². The lowest BCUT2D eigenvalue weighted by molar-refractivity contribution is -0.154. The summed E-state index contributed by atoms with van der Waals surface area (Å²) in [6, 6.07) is 4.49. The predicted octanol–water partition coefficient (Wildman–Crippen LogP) is 2.06. The van der Waals surface area contributed by atoms with Crippen LogP contribution in [0.5, 0.6) is 5.88 Å². The lowest BCUT2D eigenvalue weighted by Gasteiger charge is -2.08. The van der Waals surface area contributed by atoms with E-state index in [1.165, 1.54) is 18.5 Å². The summed E-state index contributed by atoms with van der Waals surface area (Å²) in [5, 5.41) is 0. The fourth-order valence-corrected chi connectivity index (χ4v) is 1.31. The SMILES string of the molecule is Nc1nccc(-c2ccc(OCC(F)(F)F)nc2)n1. The molecule has 0 aliphatic carbocycles. The van der Waals surface area contributed by atoms with Gasteiger partial charge in [0.15, 0.2) is 6.61 Å². The van der Waals surface area contributed by atoms with Gasteiger partial charge in [0.2, 0.25) is 11.8 Å². The maximum absolute atomic E-state index is 11.9. The van der Waals surface area contributed by atoms with Crippen molar-refractivity contribution in [1.82, 2.24) is 15.0 Å². The second kappa shape index (κ2) is 5.09. The third-order valence-corrected chi connectivity index (χ3v) is 2.09. The van der Waals surface area contributed by atoms with Crippen molar-refractivity contribution in [1.29, 1.82) is 0 Å². The van der Waals surface area contributed by atoms with Gasteiger partial charge in [-0.1, -0.05) is 0 Å². The molecule has 0 aliphatic heterocycles. The molecule has 2 N–H and O–H groups in total. The van der Waals surface area contributed by atoms with Crippen LogP contribution in [-0.2, 0) is 0 Å². The summed E-state index contributed by atoms with van der Waals surface area (Å²) in [5.74, 6) is -0.00185. The Labute approximate surface area is 106 Å². The van der Waals surface area contributed by atoms with Crippen LogP contribution >= 0.6 is 0 Å². The van der Waals surface area contributed by atoms with Gasteiger partial charge in [-0.15, -0.1) is 0 Å². The normalized spacial score (nSPS) is 11.3. The van der Waals surface area contributed by atoms with E-state index >= 15 is 0 Å². The molecule has 0 bridgehead atoms. The van der Waals surface area contributed by atoms with E-state index < -0.39 is 12.8 Å².